The lowest BCUT2D eigenvalue weighted by Crippen LogP contribution is -2.54. The van der Waals surface area contributed by atoms with E-state index in [0.717, 1.165) is 35.6 Å². The van der Waals surface area contributed by atoms with Crippen molar-refractivity contribution in [3.63, 3.8) is 0 Å². The number of carbonyl (C=O) groups excluding carboxylic acids is 2. The smallest absolute Gasteiger partial charge is 0.269 e. The van der Waals surface area contributed by atoms with Gasteiger partial charge in [-0.1, -0.05) is 90.6 Å². The van der Waals surface area contributed by atoms with Gasteiger partial charge >= 0.3 is 0 Å². The quantitative estimate of drug-likeness (QED) is 0.120. The molecule has 1 atom stereocenters. The number of nitrogens with one attached hydrogen (secondary N) is 1. The van der Waals surface area contributed by atoms with E-state index in [1.54, 1.807) is 36.4 Å². The largest absolute Gasteiger partial charge is 0.352 e. The third kappa shape index (κ3) is 8.52. The highest BCUT2D eigenvalue weighted by Gasteiger charge is 2.35. The molecule has 1 saturated carbocycles. The number of anilines is 1. The fourth-order valence-electron chi connectivity index (χ4n) is 5.75. The van der Waals surface area contributed by atoms with Crippen molar-refractivity contribution >= 4 is 56.4 Å². The molecule has 250 valence electrons. The summed E-state index contributed by atoms with van der Waals surface area (Å²) in [6.45, 7) is -0.775. The maximum Gasteiger partial charge on any atom is 0.269 e. The molecule has 4 aromatic rings. The minimum Gasteiger partial charge on any atom is -0.352 e. The molecule has 0 bridgehead atoms. The number of rotatable bonds is 13. The van der Waals surface area contributed by atoms with Gasteiger partial charge in [0.05, 0.1) is 25.6 Å². The SMILES string of the molecule is O=C(NC1CCCC1)[C@@H](Cc1ccccc1)N(Cc1ccc(Cl)c(Cl)c1)C(=O)CN(c1ccc([N+](=O)[O-])cc1)S(=O)(=O)c1ccccc1. The minimum absolute atomic E-state index is 0.0345. The molecule has 5 rings (SSSR count). The average Bonchev–Trinajstić information content (AvgIpc) is 3.60. The maximum absolute atomic E-state index is 14.6. The Labute approximate surface area is 289 Å². The Hall–Kier alpha value is -4.45. The number of non-ortho nitro benzene ring substituents is 1. The summed E-state index contributed by atoms with van der Waals surface area (Å²) in [4.78, 5) is 40.7. The van der Waals surface area contributed by atoms with Gasteiger partial charge < -0.3 is 10.2 Å². The number of nitrogens with zero attached hydrogens (tertiary/aromatic N) is 3. The third-order valence-electron chi connectivity index (χ3n) is 8.27. The van der Waals surface area contributed by atoms with Gasteiger partial charge in [0, 0.05) is 31.1 Å². The van der Waals surface area contributed by atoms with Crippen LogP contribution in [-0.4, -0.2) is 48.7 Å². The van der Waals surface area contributed by atoms with E-state index < -0.39 is 33.4 Å². The van der Waals surface area contributed by atoms with Crippen molar-refractivity contribution in [2.75, 3.05) is 10.8 Å². The first-order valence-electron chi connectivity index (χ1n) is 15.4. The summed E-state index contributed by atoms with van der Waals surface area (Å²) in [5.74, 6) is -1.02. The van der Waals surface area contributed by atoms with Crippen molar-refractivity contribution in [3.05, 3.63) is 134 Å². The van der Waals surface area contributed by atoms with Gasteiger partial charge in [0.1, 0.15) is 12.6 Å². The molecule has 4 aromatic carbocycles. The monoisotopic (exact) mass is 708 g/mol. The fourth-order valence-corrected chi connectivity index (χ4v) is 7.50. The second kappa shape index (κ2) is 15.6. The van der Waals surface area contributed by atoms with Crippen LogP contribution in [0.1, 0.15) is 36.8 Å². The second-order valence-corrected chi connectivity index (χ2v) is 14.2. The minimum atomic E-state index is -4.35. The van der Waals surface area contributed by atoms with Crippen LogP contribution in [0.4, 0.5) is 11.4 Å². The van der Waals surface area contributed by atoms with Gasteiger partial charge in [-0.15, -0.1) is 0 Å². The molecule has 1 fully saturated rings. The van der Waals surface area contributed by atoms with E-state index in [-0.39, 0.29) is 46.2 Å². The van der Waals surface area contributed by atoms with Gasteiger partial charge in [0.15, 0.2) is 0 Å². The Morgan fingerprint density at radius 1 is 0.854 bits per heavy atom. The van der Waals surface area contributed by atoms with Gasteiger partial charge in [-0.2, -0.15) is 0 Å². The molecule has 1 aliphatic carbocycles. The summed E-state index contributed by atoms with van der Waals surface area (Å²) in [5.41, 5.74) is 1.19. The molecule has 0 aliphatic heterocycles. The molecule has 0 spiro atoms. The van der Waals surface area contributed by atoms with E-state index >= 15 is 0 Å². The summed E-state index contributed by atoms with van der Waals surface area (Å²) < 4.78 is 29.1. The molecule has 0 aromatic heterocycles. The summed E-state index contributed by atoms with van der Waals surface area (Å²) in [6.07, 6.45) is 3.79. The van der Waals surface area contributed by atoms with Gasteiger partial charge in [0.25, 0.3) is 15.7 Å². The normalized spacial score (nSPS) is 13.9. The molecular formula is C35H34Cl2N4O6S. The van der Waals surface area contributed by atoms with E-state index in [1.807, 2.05) is 30.3 Å². The van der Waals surface area contributed by atoms with E-state index in [0.29, 0.717) is 10.6 Å². The zero-order chi connectivity index (χ0) is 34.3. The number of halogens is 2. The maximum atomic E-state index is 14.6. The van der Waals surface area contributed by atoms with Crippen molar-refractivity contribution in [2.24, 2.45) is 0 Å². The molecule has 0 saturated heterocycles. The molecular weight excluding hydrogens is 675 g/mol. The van der Waals surface area contributed by atoms with E-state index in [2.05, 4.69) is 5.32 Å². The Morgan fingerprint density at radius 3 is 2.08 bits per heavy atom. The van der Waals surface area contributed by atoms with Crippen molar-refractivity contribution in [2.45, 2.75) is 55.6 Å². The second-order valence-electron chi connectivity index (χ2n) is 11.6. The highest BCUT2D eigenvalue weighted by molar-refractivity contribution is 7.92. The number of hydrogen-bond donors (Lipinski definition) is 1. The summed E-state index contributed by atoms with van der Waals surface area (Å²) in [6, 6.07) is 25.6. The van der Waals surface area contributed by atoms with Crippen LogP contribution in [0.15, 0.2) is 108 Å². The topological polar surface area (TPSA) is 130 Å². The summed E-state index contributed by atoms with van der Waals surface area (Å²) in [7, 11) is -4.35. The highest BCUT2D eigenvalue weighted by atomic mass is 35.5. The van der Waals surface area contributed by atoms with E-state index in [9.17, 15) is 28.1 Å². The fraction of sp³-hybridized carbons (Fsp3) is 0.257. The zero-order valence-electron chi connectivity index (χ0n) is 25.9. The summed E-state index contributed by atoms with van der Waals surface area (Å²) in [5, 5.41) is 15.1. The molecule has 0 radical (unpaired) electrons. The molecule has 0 heterocycles. The van der Waals surface area contributed by atoms with Crippen molar-refractivity contribution in [1.29, 1.82) is 0 Å². The number of nitro benzene ring substituents is 1. The van der Waals surface area contributed by atoms with Crippen LogP contribution in [0, 0.1) is 10.1 Å². The molecule has 2 amide bonds. The molecule has 48 heavy (non-hydrogen) atoms. The molecule has 1 N–H and O–H groups in total. The number of nitro groups is 1. The van der Waals surface area contributed by atoms with Crippen molar-refractivity contribution in [3.8, 4) is 0 Å². The van der Waals surface area contributed by atoms with Crippen LogP contribution in [0.3, 0.4) is 0 Å². The van der Waals surface area contributed by atoms with Crippen molar-refractivity contribution in [1.82, 2.24) is 10.2 Å². The lowest BCUT2D eigenvalue weighted by atomic mass is 10.0. The first-order valence-corrected chi connectivity index (χ1v) is 17.6. The highest BCUT2D eigenvalue weighted by Crippen LogP contribution is 2.28. The number of benzene rings is 4. The molecule has 10 nitrogen and oxygen atoms in total. The number of hydrogen-bond acceptors (Lipinski definition) is 6. The Morgan fingerprint density at radius 2 is 1.48 bits per heavy atom. The third-order valence-corrected chi connectivity index (χ3v) is 10.8. The Balaban J connectivity index is 1.58. The number of amides is 2. The Kier molecular flexibility index (Phi) is 11.4. The van der Waals surface area contributed by atoms with Crippen LogP contribution >= 0.6 is 23.2 Å². The Bertz CT molecular complexity index is 1860. The van der Waals surface area contributed by atoms with E-state index in [1.165, 1.54) is 41.3 Å². The van der Waals surface area contributed by atoms with E-state index in [4.69, 9.17) is 23.2 Å². The predicted molar refractivity (Wildman–Crippen MR) is 185 cm³/mol. The van der Waals surface area contributed by atoms with Gasteiger partial charge in [-0.25, -0.2) is 8.42 Å². The van der Waals surface area contributed by atoms with Crippen LogP contribution in [-0.2, 0) is 32.6 Å². The standard InChI is InChI=1S/C35H34Cl2N4O6S/c36-31-20-15-26(21-32(31)37)23-39(33(22-25-9-3-1-4-10-25)35(43)38-27-11-7-8-12-27)34(42)24-40(28-16-18-29(19-17-28)41(44)45)48(46,47)30-13-5-2-6-14-30/h1-6,9-10,13-21,27,33H,7-8,11-12,22-24H2,(H,38,43)/t33-/m1/s1. The first kappa shape index (κ1) is 34.9. The van der Waals surface area contributed by atoms with Gasteiger partial charge in [-0.05, 0) is 60.4 Å². The molecule has 13 heteroatoms. The lowest BCUT2D eigenvalue weighted by molar-refractivity contribution is -0.384. The molecule has 1 aliphatic rings. The van der Waals surface area contributed by atoms with Crippen LogP contribution in [0.25, 0.3) is 0 Å². The van der Waals surface area contributed by atoms with Gasteiger partial charge in [-0.3, -0.25) is 24.0 Å². The average molecular weight is 710 g/mol. The first-order chi connectivity index (χ1) is 23.0. The number of carbonyl (C=O) groups is 2. The summed E-state index contributed by atoms with van der Waals surface area (Å²) >= 11 is 12.5. The lowest BCUT2D eigenvalue weighted by Gasteiger charge is -2.34. The van der Waals surface area contributed by atoms with Crippen LogP contribution in [0.5, 0.6) is 0 Å². The van der Waals surface area contributed by atoms with Crippen LogP contribution < -0.4 is 9.62 Å². The van der Waals surface area contributed by atoms with Crippen molar-refractivity contribution < 1.29 is 22.9 Å². The van der Waals surface area contributed by atoms with Crippen LogP contribution in [0.2, 0.25) is 10.0 Å². The predicted octanol–water partition coefficient (Wildman–Crippen LogP) is 6.80. The number of sulfonamides is 1. The zero-order valence-corrected chi connectivity index (χ0v) is 28.2. The van der Waals surface area contributed by atoms with Gasteiger partial charge in [0.2, 0.25) is 11.8 Å². The molecule has 0 unspecified atom stereocenters.